The highest BCUT2D eigenvalue weighted by atomic mass is 31.2. The summed E-state index contributed by atoms with van der Waals surface area (Å²) in [7, 11) is -4.83. The highest BCUT2D eigenvalue weighted by Crippen LogP contribution is 2.36. The van der Waals surface area contributed by atoms with Crippen molar-refractivity contribution >= 4 is 19.8 Å². The van der Waals surface area contributed by atoms with Gasteiger partial charge in [-0.3, -0.25) is 14.1 Å². The quantitative estimate of drug-likeness (QED) is 0.0192. The van der Waals surface area contributed by atoms with Gasteiger partial charge in [0.25, 0.3) is 0 Å². The van der Waals surface area contributed by atoms with Gasteiger partial charge in [-0.1, -0.05) is 150 Å². The topological polar surface area (TPSA) is 140 Å². The molecule has 0 saturated heterocycles. The van der Waals surface area contributed by atoms with E-state index in [-0.39, 0.29) is 19.3 Å². The van der Waals surface area contributed by atoms with Gasteiger partial charge in [0.1, 0.15) is 6.61 Å². The molecule has 0 saturated carbocycles. The van der Waals surface area contributed by atoms with Crippen molar-refractivity contribution in [2.24, 2.45) is 0 Å². The molecule has 9 nitrogen and oxygen atoms in total. The second-order valence-corrected chi connectivity index (χ2v) is 14.0. The summed E-state index contributed by atoms with van der Waals surface area (Å²) in [5.74, 6) is -1.20. The van der Waals surface area contributed by atoms with Gasteiger partial charge in [0, 0.05) is 12.8 Å². The zero-order valence-corrected chi connectivity index (χ0v) is 33.4. The molecule has 10 heteroatoms. The first kappa shape index (κ1) is 49.9. The average Bonchev–Trinajstić information content (AvgIpc) is 3.12. The van der Waals surface area contributed by atoms with Gasteiger partial charge in [0.2, 0.25) is 0 Å². The minimum absolute atomic E-state index is 0.0818. The lowest BCUT2D eigenvalue weighted by molar-refractivity contribution is -0.161. The second kappa shape index (κ2) is 37.3. The Morgan fingerprint density at radius 3 is 1.72 bits per heavy atom. The Hall–Kier alpha value is -3.07. The number of unbranched alkanes of at least 4 members (excludes halogenated alkanes) is 9. The van der Waals surface area contributed by atoms with Crippen LogP contribution in [0.4, 0.5) is 0 Å². The summed E-state index contributed by atoms with van der Waals surface area (Å²) in [5.41, 5.74) is 0. The zero-order valence-electron chi connectivity index (χ0n) is 32.5. The molecule has 0 heterocycles. The number of carbonyl (C=O) groups is 2. The SMILES string of the molecule is CC/C=C\C/C=C\C/C=C\C/C=C\C/C=C\C=C/C(O)CCC(=O)O[C@H](COC(=O)CCCCCCC/C=C\C=C/CCCCCC)COP(=O)(O)O. The van der Waals surface area contributed by atoms with Crippen LogP contribution in [0, 0.1) is 0 Å². The number of phosphoric ester groups is 1. The lowest BCUT2D eigenvalue weighted by Gasteiger charge is -2.18. The maximum absolute atomic E-state index is 12.4. The number of esters is 2. The van der Waals surface area contributed by atoms with E-state index in [0.29, 0.717) is 6.42 Å². The van der Waals surface area contributed by atoms with Crippen LogP contribution >= 0.6 is 7.82 Å². The molecule has 53 heavy (non-hydrogen) atoms. The Balaban J connectivity index is 4.26. The Kier molecular flexibility index (Phi) is 35.1. The molecule has 0 fully saturated rings. The van der Waals surface area contributed by atoms with E-state index in [1.54, 1.807) is 12.2 Å². The van der Waals surface area contributed by atoms with E-state index in [1.807, 2.05) is 12.2 Å². The molecule has 0 rings (SSSR count). The molecule has 0 aliphatic carbocycles. The van der Waals surface area contributed by atoms with Crippen molar-refractivity contribution in [2.75, 3.05) is 13.2 Å². The summed E-state index contributed by atoms with van der Waals surface area (Å²) in [6.07, 6.45) is 47.4. The van der Waals surface area contributed by atoms with Crippen molar-refractivity contribution in [2.45, 2.75) is 148 Å². The monoisotopic (exact) mass is 760 g/mol. The molecule has 1 unspecified atom stereocenters. The highest BCUT2D eigenvalue weighted by molar-refractivity contribution is 7.46. The second-order valence-electron chi connectivity index (χ2n) is 12.7. The molecule has 300 valence electrons. The van der Waals surface area contributed by atoms with Crippen LogP contribution in [0.1, 0.15) is 136 Å². The van der Waals surface area contributed by atoms with Crippen molar-refractivity contribution in [3.8, 4) is 0 Å². The van der Waals surface area contributed by atoms with Crippen LogP contribution < -0.4 is 0 Å². The van der Waals surface area contributed by atoms with E-state index in [9.17, 15) is 19.3 Å². The molecule has 0 aromatic heterocycles. The van der Waals surface area contributed by atoms with Crippen molar-refractivity contribution in [1.82, 2.24) is 0 Å². The summed E-state index contributed by atoms with van der Waals surface area (Å²) in [6.45, 7) is 3.31. The molecule has 0 radical (unpaired) electrons. The number of ether oxygens (including phenoxy) is 2. The minimum Gasteiger partial charge on any atom is -0.462 e. The van der Waals surface area contributed by atoms with Crippen molar-refractivity contribution in [3.63, 3.8) is 0 Å². The van der Waals surface area contributed by atoms with E-state index >= 15 is 0 Å². The first-order chi connectivity index (χ1) is 25.7. The largest absolute Gasteiger partial charge is 0.469 e. The third kappa shape index (κ3) is 40.0. The van der Waals surface area contributed by atoms with E-state index < -0.39 is 45.2 Å². The summed E-state index contributed by atoms with van der Waals surface area (Å²) >= 11 is 0. The summed E-state index contributed by atoms with van der Waals surface area (Å²) in [6, 6.07) is 0. The average molecular weight is 761 g/mol. The minimum atomic E-state index is -4.83. The Bertz CT molecular complexity index is 1190. The first-order valence-corrected chi connectivity index (χ1v) is 21.2. The molecule has 2 atom stereocenters. The van der Waals surface area contributed by atoms with E-state index in [2.05, 4.69) is 91.3 Å². The number of carbonyl (C=O) groups excluding carboxylic acids is 2. The molecule has 0 aromatic carbocycles. The van der Waals surface area contributed by atoms with E-state index in [4.69, 9.17) is 19.3 Å². The smallest absolute Gasteiger partial charge is 0.462 e. The van der Waals surface area contributed by atoms with Crippen molar-refractivity contribution < 1.29 is 43.0 Å². The third-order valence-electron chi connectivity index (χ3n) is 7.73. The normalized spacial score (nSPS) is 14.1. The molecule has 0 amide bonds. The van der Waals surface area contributed by atoms with Crippen LogP contribution in [0.15, 0.2) is 97.2 Å². The molecule has 0 aliphatic heterocycles. The van der Waals surface area contributed by atoms with Crippen LogP contribution in [0.2, 0.25) is 0 Å². The Morgan fingerprint density at radius 2 is 1.13 bits per heavy atom. The van der Waals surface area contributed by atoms with Gasteiger partial charge in [-0.05, 0) is 70.6 Å². The Labute approximate surface area is 320 Å². The predicted molar refractivity (Wildman–Crippen MR) is 217 cm³/mol. The van der Waals surface area contributed by atoms with Gasteiger partial charge in [-0.2, -0.15) is 0 Å². The maximum Gasteiger partial charge on any atom is 0.469 e. The third-order valence-corrected chi connectivity index (χ3v) is 8.22. The van der Waals surface area contributed by atoms with Gasteiger partial charge in [-0.15, -0.1) is 0 Å². The molecule has 0 aliphatic rings. The van der Waals surface area contributed by atoms with Crippen LogP contribution in [-0.2, 0) is 28.2 Å². The number of rotatable bonds is 34. The summed E-state index contributed by atoms with van der Waals surface area (Å²) in [4.78, 5) is 42.8. The zero-order chi connectivity index (χ0) is 39.1. The van der Waals surface area contributed by atoms with Gasteiger partial charge >= 0.3 is 19.8 Å². The van der Waals surface area contributed by atoms with Crippen LogP contribution in [0.25, 0.3) is 0 Å². The van der Waals surface area contributed by atoms with E-state index in [0.717, 1.165) is 70.6 Å². The number of phosphoric acid groups is 1. The summed E-state index contributed by atoms with van der Waals surface area (Å²) in [5, 5.41) is 10.2. The molecular weight excluding hydrogens is 691 g/mol. The van der Waals surface area contributed by atoms with Gasteiger partial charge in [-0.25, -0.2) is 4.57 Å². The Morgan fingerprint density at radius 1 is 0.604 bits per heavy atom. The van der Waals surface area contributed by atoms with Crippen LogP contribution in [0.3, 0.4) is 0 Å². The molecular formula is C43H69O9P. The number of allylic oxidation sites excluding steroid dienone is 15. The standard InChI is InChI=1S/C43H69O9P/c1-3-5-7-9-11-13-15-17-19-21-22-24-26-28-30-32-34-40(44)36-37-43(46)52-41(39-51-53(47,48)49)38-50-42(45)35-33-31-29-27-25-23-20-18-16-14-12-10-8-6-4-2/h5,7,11,13-14,16-20,22,24,28,30,32,34,40-41,44H,3-4,6,8-10,12,15,21,23,25-27,29,31,33,35-39H2,1-2H3,(H2,47,48,49)/b7-5-,13-11-,16-14-,19-17-,20-18-,24-22-,30-28-,34-32-/t40?,41-/m1/s1. The first-order valence-electron chi connectivity index (χ1n) is 19.7. The maximum atomic E-state index is 12.4. The number of aliphatic hydroxyl groups is 1. The van der Waals surface area contributed by atoms with Crippen molar-refractivity contribution in [3.05, 3.63) is 97.2 Å². The van der Waals surface area contributed by atoms with E-state index in [1.165, 1.54) is 25.7 Å². The van der Waals surface area contributed by atoms with Gasteiger partial charge in [0.15, 0.2) is 6.10 Å². The lowest BCUT2D eigenvalue weighted by atomic mass is 10.1. The van der Waals surface area contributed by atoms with Crippen molar-refractivity contribution in [1.29, 1.82) is 0 Å². The fourth-order valence-electron chi connectivity index (χ4n) is 4.77. The molecule has 0 aromatic rings. The molecule has 0 spiro atoms. The molecule has 0 bridgehead atoms. The van der Waals surface area contributed by atoms with Gasteiger partial charge in [0.05, 0.1) is 12.7 Å². The fourth-order valence-corrected chi connectivity index (χ4v) is 5.13. The fraction of sp³-hybridized carbons (Fsp3) is 0.581. The molecule has 3 N–H and O–H groups in total. The number of hydrogen-bond donors (Lipinski definition) is 3. The number of aliphatic hydroxyl groups excluding tert-OH is 1. The predicted octanol–water partition coefficient (Wildman–Crippen LogP) is 10.8. The van der Waals surface area contributed by atoms with Crippen LogP contribution in [-0.4, -0.2) is 52.3 Å². The van der Waals surface area contributed by atoms with Gasteiger partial charge < -0.3 is 24.4 Å². The number of hydrogen-bond acceptors (Lipinski definition) is 7. The lowest BCUT2D eigenvalue weighted by Crippen LogP contribution is -2.29. The summed E-state index contributed by atoms with van der Waals surface area (Å²) < 4.78 is 26.1. The highest BCUT2D eigenvalue weighted by Gasteiger charge is 2.23. The van der Waals surface area contributed by atoms with Crippen LogP contribution in [0.5, 0.6) is 0 Å².